The van der Waals surface area contributed by atoms with E-state index >= 15 is 0 Å². The predicted octanol–water partition coefficient (Wildman–Crippen LogP) is 2.86. The second-order valence-corrected chi connectivity index (χ2v) is 5.64. The molecular weight excluding hydrogens is 200 g/mol. The number of aryl methyl sites for hydroxylation is 2. The first-order valence-corrected chi connectivity index (χ1v) is 6.02. The minimum Gasteiger partial charge on any atom is -0.361 e. The zero-order chi connectivity index (χ0) is 12.2. The molecule has 0 aromatic carbocycles. The highest BCUT2D eigenvalue weighted by Crippen LogP contribution is 2.14. The summed E-state index contributed by atoms with van der Waals surface area (Å²) in [6.45, 7) is 12.8. The number of hydrogen-bond donors (Lipinski definition) is 1. The van der Waals surface area contributed by atoms with E-state index in [4.69, 9.17) is 4.52 Å². The zero-order valence-corrected chi connectivity index (χ0v) is 11.2. The molecule has 0 atom stereocenters. The van der Waals surface area contributed by atoms with Crippen molar-refractivity contribution in [3.05, 3.63) is 17.0 Å². The molecule has 0 unspecified atom stereocenters. The van der Waals surface area contributed by atoms with Gasteiger partial charge in [0.2, 0.25) is 0 Å². The van der Waals surface area contributed by atoms with E-state index in [0.29, 0.717) is 5.41 Å². The molecule has 1 aromatic rings. The molecule has 0 aliphatic rings. The topological polar surface area (TPSA) is 38.1 Å². The van der Waals surface area contributed by atoms with Crippen LogP contribution in [0.1, 0.15) is 44.2 Å². The molecule has 92 valence electrons. The maximum atomic E-state index is 5.14. The fraction of sp³-hybridized carbons (Fsp3) is 0.769. The van der Waals surface area contributed by atoms with E-state index in [-0.39, 0.29) is 0 Å². The highest BCUT2D eigenvalue weighted by Gasteiger charge is 2.10. The van der Waals surface area contributed by atoms with Gasteiger partial charge in [0.1, 0.15) is 5.76 Å². The molecule has 1 N–H and O–H groups in total. The van der Waals surface area contributed by atoms with Crippen molar-refractivity contribution in [2.24, 2.45) is 5.41 Å². The summed E-state index contributed by atoms with van der Waals surface area (Å²) >= 11 is 0. The summed E-state index contributed by atoms with van der Waals surface area (Å²) in [4.78, 5) is 0. The fourth-order valence-corrected chi connectivity index (χ4v) is 1.71. The summed E-state index contributed by atoms with van der Waals surface area (Å²) in [6.07, 6.45) is 2.19. The second-order valence-electron chi connectivity index (χ2n) is 5.64. The second kappa shape index (κ2) is 5.48. The Balaban J connectivity index is 2.22. The highest BCUT2D eigenvalue weighted by atomic mass is 16.5. The van der Waals surface area contributed by atoms with Crippen LogP contribution >= 0.6 is 0 Å². The molecule has 0 aliphatic heterocycles. The maximum Gasteiger partial charge on any atom is 0.137 e. The molecule has 1 heterocycles. The van der Waals surface area contributed by atoms with Crippen LogP contribution in [-0.4, -0.2) is 18.2 Å². The van der Waals surface area contributed by atoms with Crippen molar-refractivity contribution in [3.63, 3.8) is 0 Å². The number of hydrogen-bond acceptors (Lipinski definition) is 3. The smallest absolute Gasteiger partial charge is 0.137 e. The van der Waals surface area contributed by atoms with Crippen LogP contribution in [0.15, 0.2) is 4.52 Å². The summed E-state index contributed by atoms with van der Waals surface area (Å²) in [6, 6.07) is 0. The third kappa shape index (κ3) is 4.35. The van der Waals surface area contributed by atoms with Crippen LogP contribution < -0.4 is 5.32 Å². The number of nitrogens with zero attached hydrogens (tertiary/aromatic N) is 1. The average Bonchev–Trinajstić information content (AvgIpc) is 2.46. The van der Waals surface area contributed by atoms with Gasteiger partial charge in [0.15, 0.2) is 0 Å². The van der Waals surface area contributed by atoms with Gasteiger partial charge in [0.05, 0.1) is 5.69 Å². The van der Waals surface area contributed by atoms with Gasteiger partial charge in [0, 0.05) is 5.56 Å². The van der Waals surface area contributed by atoms with Gasteiger partial charge in [-0.2, -0.15) is 0 Å². The van der Waals surface area contributed by atoms with Crippen LogP contribution in [-0.2, 0) is 6.42 Å². The van der Waals surface area contributed by atoms with Gasteiger partial charge in [0.25, 0.3) is 0 Å². The molecule has 0 saturated carbocycles. The lowest BCUT2D eigenvalue weighted by atomic mass is 9.97. The van der Waals surface area contributed by atoms with Crippen molar-refractivity contribution < 1.29 is 4.52 Å². The monoisotopic (exact) mass is 224 g/mol. The van der Waals surface area contributed by atoms with Gasteiger partial charge in [-0.05, 0) is 45.2 Å². The Hall–Kier alpha value is -0.830. The van der Waals surface area contributed by atoms with Crippen LogP contribution in [0.4, 0.5) is 0 Å². The first-order valence-electron chi connectivity index (χ1n) is 6.02. The minimum absolute atomic E-state index is 0.364. The van der Waals surface area contributed by atoms with Gasteiger partial charge >= 0.3 is 0 Å². The van der Waals surface area contributed by atoms with Crippen molar-refractivity contribution >= 4 is 0 Å². The van der Waals surface area contributed by atoms with E-state index in [9.17, 15) is 0 Å². The van der Waals surface area contributed by atoms with Gasteiger partial charge in [-0.3, -0.25) is 0 Å². The van der Waals surface area contributed by atoms with Crippen molar-refractivity contribution in [1.82, 2.24) is 10.5 Å². The molecule has 0 amide bonds. The largest absolute Gasteiger partial charge is 0.361 e. The van der Waals surface area contributed by atoms with Crippen LogP contribution in [0.5, 0.6) is 0 Å². The average molecular weight is 224 g/mol. The van der Waals surface area contributed by atoms with Crippen molar-refractivity contribution in [1.29, 1.82) is 0 Å². The molecule has 3 heteroatoms. The zero-order valence-electron chi connectivity index (χ0n) is 11.2. The van der Waals surface area contributed by atoms with Crippen molar-refractivity contribution in [2.45, 2.75) is 47.5 Å². The van der Waals surface area contributed by atoms with Gasteiger partial charge < -0.3 is 9.84 Å². The summed E-state index contributed by atoms with van der Waals surface area (Å²) in [7, 11) is 0. The maximum absolute atomic E-state index is 5.14. The molecule has 3 nitrogen and oxygen atoms in total. The van der Waals surface area contributed by atoms with Gasteiger partial charge in [-0.1, -0.05) is 25.9 Å². The molecule has 1 rings (SSSR count). The van der Waals surface area contributed by atoms with Crippen molar-refractivity contribution in [2.75, 3.05) is 13.1 Å². The number of rotatable bonds is 5. The van der Waals surface area contributed by atoms with E-state index in [1.807, 2.05) is 13.8 Å². The summed E-state index contributed by atoms with van der Waals surface area (Å²) < 4.78 is 5.14. The van der Waals surface area contributed by atoms with Crippen LogP contribution in [0, 0.1) is 19.3 Å². The molecule has 0 spiro atoms. The SMILES string of the molecule is Cc1noc(C)c1CCCNCC(C)(C)C. The standard InChI is InChI=1S/C13H24N2O/c1-10-12(11(2)16-15-10)7-6-8-14-9-13(3,4)5/h14H,6-9H2,1-5H3. The first kappa shape index (κ1) is 13.2. The van der Waals surface area contributed by atoms with Crippen LogP contribution in [0.25, 0.3) is 0 Å². The van der Waals surface area contributed by atoms with E-state index in [0.717, 1.165) is 37.4 Å². The number of aromatic nitrogens is 1. The van der Waals surface area contributed by atoms with Gasteiger partial charge in [-0.25, -0.2) is 0 Å². The Kier molecular flexibility index (Phi) is 4.54. The molecule has 16 heavy (non-hydrogen) atoms. The lowest BCUT2D eigenvalue weighted by molar-refractivity contribution is 0.378. The van der Waals surface area contributed by atoms with E-state index in [1.165, 1.54) is 5.56 Å². The Morgan fingerprint density at radius 1 is 1.25 bits per heavy atom. The number of nitrogens with one attached hydrogen (secondary N) is 1. The van der Waals surface area contributed by atoms with Crippen LogP contribution in [0.3, 0.4) is 0 Å². The predicted molar refractivity (Wildman–Crippen MR) is 66.6 cm³/mol. The summed E-state index contributed by atoms with van der Waals surface area (Å²) in [5.74, 6) is 0.966. The molecular formula is C13H24N2O. The quantitative estimate of drug-likeness (QED) is 0.782. The third-order valence-corrected chi connectivity index (χ3v) is 2.62. The molecule has 1 aromatic heterocycles. The fourth-order valence-electron chi connectivity index (χ4n) is 1.71. The summed E-state index contributed by atoms with van der Waals surface area (Å²) in [5.41, 5.74) is 2.68. The summed E-state index contributed by atoms with van der Waals surface area (Å²) in [5, 5.41) is 7.43. The molecule has 0 aliphatic carbocycles. The molecule has 0 bridgehead atoms. The van der Waals surface area contributed by atoms with E-state index < -0.39 is 0 Å². The Bertz CT molecular complexity index is 304. The molecule has 0 fully saturated rings. The van der Waals surface area contributed by atoms with Crippen molar-refractivity contribution in [3.8, 4) is 0 Å². The molecule has 0 saturated heterocycles. The lowest BCUT2D eigenvalue weighted by Gasteiger charge is -2.18. The molecule has 0 radical (unpaired) electrons. The van der Waals surface area contributed by atoms with E-state index in [1.54, 1.807) is 0 Å². The minimum atomic E-state index is 0.364. The van der Waals surface area contributed by atoms with Gasteiger partial charge in [-0.15, -0.1) is 0 Å². The lowest BCUT2D eigenvalue weighted by Crippen LogP contribution is -2.27. The van der Waals surface area contributed by atoms with Crippen LogP contribution in [0.2, 0.25) is 0 Å². The first-order chi connectivity index (χ1) is 7.40. The Labute approximate surface area is 98.6 Å². The third-order valence-electron chi connectivity index (χ3n) is 2.62. The Morgan fingerprint density at radius 3 is 2.44 bits per heavy atom. The normalized spacial score (nSPS) is 12.1. The highest BCUT2D eigenvalue weighted by molar-refractivity contribution is 5.20. The Morgan fingerprint density at radius 2 is 1.94 bits per heavy atom. The van der Waals surface area contributed by atoms with E-state index in [2.05, 4.69) is 31.2 Å².